The van der Waals surface area contributed by atoms with E-state index in [0.29, 0.717) is 21.9 Å². The molecule has 0 saturated heterocycles. The van der Waals surface area contributed by atoms with Gasteiger partial charge in [0.25, 0.3) is 0 Å². The van der Waals surface area contributed by atoms with Crippen LogP contribution in [0.15, 0.2) is 47.1 Å². The summed E-state index contributed by atoms with van der Waals surface area (Å²) in [6.07, 6.45) is 6.38. The third-order valence-corrected chi connectivity index (χ3v) is 6.10. The molecule has 0 spiro atoms. The summed E-state index contributed by atoms with van der Waals surface area (Å²) in [5.41, 5.74) is 1.02. The fraction of sp³-hybridized carbons (Fsp3) is 0.316. The van der Waals surface area contributed by atoms with Crippen LogP contribution in [0.3, 0.4) is 0 Å². The summed E-state index contributed by atoms with van der Waals surface area (Å²) >= 11 is 9.32. The van der Waals surface area contributed by atoms with Crippen molar-refractivity contribution in [2.75, 3.05) is 5.32 Å². The van der Waals surface area contributed by atoms with Gasteiger partial charge in [-0.3, -0.25) is 14.3 Å². The highest BCUT2D eigenvalue weighted by molar-refractivity contribution is 9.10. The molecular formula is C19H17BrClN3O3. The number of hydrogen-bond acceptors (Lipinski definition) is 3. The molecule has 1 aromatic carbocycles. The number of nitrogens with zero attached hydrogens (tertiary/aromatic N) is 2. The Kier molecular flexibility index (Phi) is 4.82. The van der Waals surface area contributed by atoms with Crippen LogP contribution >= 0.6 is 27.5 Å². The molecule has 2 N–H and O–H groups in total. The number of carbonyl (C=O) groups is 2. The Balaban J connectivity index is 1.49. The first-order valence-electron chi connectivity index (χ1n) is 8.62. The molecule has 8 heteroatoms. The van der Waals surface area contributed by atoms with E-state index in [0.717, 1.165) is 12.0 Å². The Bertz CT molecular complexity index is 925. The Hall–Kier alpha value is -2.12. The number of carboxylic acids is 1. The van der Waals surface area contributed by atoms with Crippen LogP contribution in [0.2, 0.25) is 5.02 Å². The highest BCUT2D eigenvalue weighted by atomic mass is 79.9. The minimum atomic E-state index is -0.917. The van der Waals surface area contributed by atoms with Gasteiger partial charge in [0.05, 0.1) is 22.9 Å². The third-order valence-electron chi connectivity index (χ3n) is 5.26. The molecule has 1 heterocycles. The average molecular weight is 451 g/mol. The molecule has 140 valence electrons. The second kappa shape index (κ2) is 7.13. The van der Waals surface area contributed by atoms with Crippen LogP contribution in [0.1, 0.15) is 12.0 Å². The minimum absolute atomic E-state index is 0.0222. The van der Waals surface area contributed by atoms with Gasteiger partial charge in [0.15, 0.2) is 5.82 Å². The van der Waals surface area contributed by atoms with E-state index in [2.05, 4.69) is 26.3 Å². The van der Waals surface area contributed by atoms with Crippen molar-refractivity contribution in [2.45, 2.75) is 13.0 Å². The number of aliphatic carboxylic acids is 1. The maximum Gasteiger partial charge on any atom is 0.307 e. The van der Waals surface area contributed by atoms with Gasteiger partial charge in [-0.25, -0.2) is 0 Å². The molecule has 27 heavy (non-hydrogen) atoms. The normalized spacial score (nSPS) is 25.7. The minimum Gasteiger partial charge on any atom is -0.481 e. The second-order valence-electron chi connectivity index (χ2n) is 6.98. The molecule has 4 rings (SSSR count). The molecule has 0 unspecified atom stereocenters. The molecule has 6 nitrogen and oxygen atoms in total. The van der Waals surface area contributed by atoms with Crippen LogP contribution in [-0.4, -0.2) is 26.8 Å². The van der Waals surface area contributed by atoms with E-state index in [1.165, 1.54) is 0 Å². The predicted octanol–water partition coefficient (Wildman–Crippen LogP) is 3.81. The van der Waals surface area contributed by atoms with Crippen molar-refractivity contribution in [1.82, 2.24) is 9.78 Å². The van der Waals surface area contributed by atoms with E-state index in [1.54, 1.807) is 10.9 Å². The maximum atomic E-state index is 12.8. The van der Waals surface area contributed by atoms with Crippen molar-refractivity contribution in [3.05, 3.63) is 57.7 Å². The predicted molar refractivity (Wildman–Crippen MR) is 104 cm³/mol. The van der Waals surface area contributed by atoms with Crippen LogP contribution in [0.25, 0.3) is 0 Å². The lowest BCUT2D eigenvalue weighted by molar-refractivity contribution is -0.146. The highest BCUT2D eigenvalue weighted by Gasteiger charge is 2.51. The molecule has 1 saturated carbocycles. The number of carbonyl (C=O) groups excluding carboxylic acids is 1. The van der Waals surface area contributed by atoms with Gasteiger partial charge in [-0.15, -0.1) is 0 Å². The van der Waals surface area contributed by atoms with Crippen molar-refractivity contribution >= 4 is 45.2 Å². The number of allylic oxidation sites excluding steroid dienone is 2. The fourth-order valence-corrected chi connectivity index (χ4v) is 4.60. The van der Waals surface area contributed by atoms with Crippen LogP contribution in [0.4, 0.5) is 5.82 Å². The molecular weight excluding hydrogens is 434 g/mol. The number of aromatic nitrogens is 2. The molecule has 2 aliphatic carbocycles. The first-order chi connectivity index (χ1) is 12.9. The van der Waals surface area contributed by atoms with Crippen molar-refractivity contribution < 1.29 is 14.7 Å². The molecule has 1 aromatic heterocycles. The molecule has 0 radical (unpaired) electrons. The summed E-state index contributed by atoms with van der Waals surface area (Å²) in [7, 11) is 0. The molecule has 4 atom stereocenters. The van der Waals surface area contributed by atoms with Gasteiger partial charge in [0, 0.05) is 11.2 Å². The van der Waals surface area contributed by atoms with Gasteiger partial charge < -0.3 is 10.4 Å². The Morgan fingerprint density at radius 2 is 1.89 bits per heavy atom. The first kappa shape index (κ1) is 18.3. The summed E-state index contributed by atoms with van der Waals surface area (Å²) < 4.78 is 2.36. The number of amides is 1. The van der Waals surface area contributed by atoms with E-state index in [9.17, 15) is 14.7 Å². The molecule has 2 aromatic rings. The average Bonchev–Trinajstić information content (AvgIpc) is 3.32. The van der Waals surface area contributed by atoms with Crippen LogP contribution in [0.5, 0.6) is 0 Å². The summed E-state index contributed by atoms with van der Waals surface area (Å²) in [4.78, 5) is 24.4. The summed E-state index contributed by atoms with van der Waals surface area (Å²) in [6, 6.07) is 7.45. The van der Waals surface area contributed by atoms with Gasteiger partial charge in [-0.2, -0.15) is 5.10 Å². The largest absolute Gasteiger partial charge is 0.481 e. The maximum absolute atomic E-state index is 12.8. The van der Waals surface area contributed by atoms with E-state index in [-0.39, 0.29) is 17.7 Å². The SMILES string of the molecule is O=C(O)[C@@H]1[C@@H](C(=O)Nc2nn(Cc3ccc(Cl)cc3)cc2Br)[C@H]2C=C[C@H]1C2. The second-order valence-corrected chi connectivity index (χ2v) is 8.27. The van der Waals surface area contributed by atoms with E-state index < -0.39 is 17.8 Å². The number of halogens is 2. The summed E-state index contributed by atoms with van der Waals surface area (Å²) in [5, 5.41) is 17.4. The fourth-order valence-electron chi connectivity index (χ4n) is 4.06. The van der Waals surface area contributed by atoms with E-state index in [4.69, 9.17) is 11.6 Å². The van der Waals surface area contributed by atoms with Crippen molar-refractivity contribution in [2.24, 2.45) is 23.7 Å². The third kappa shape index (κ3) is 3.53. The van der Waals surface area contributed by atoms with Crippen molar-refractivity contribution in [1.29, 1.82) is 0 Å². The van der Waals surface area contributed by atoms with Crippen LogP contribution in [0, 0.1) is 23.7 Å². The smallest absolute Gasteiger partial charge is 0.307 e. The monoisotopic (exact) mass is 449 g/mol. The highest BCUT2D eigenvalue weighted by Crippen LogP contribution is 2.48. The van der Waals surface area contributed by atoms with Crippen molar-refractivity contribution in [3.8, 4) is 0 Å². The van der Waals surface area contributed by atoms with E-state index >= 15 is 0 Å². The van der Waals surface area contributed by atoms with Gasteiger partial charge in [0.1, 0.15) is 0 Å². The molecule has 1 amide bonds. The Morgan fingerprint density at radius 1 is 1.22 bits per heavy atom. The zero-order chi connectivity index (χ0) is 19.1. The number of fused-ring (bicyclic) bond motifs is 2. The van der Waals surface area contributed by atoms with Gasteiger partial charge >= 0.3 is 5.97 Å². The number of anilines is 1. The number of benzene rings is 1. The first-order valence-corrected chi connectivity index (χ1v) is 9.79. The Morgan fingerprint density at radius 3 is 2.56 bits per heavy atom. The topological polar surface area (TPSA) is 84.2 Å². The van der Waals surface area contributed by atoms with E-state index in [1.807, 2.05) is 36.4 Å². The number of carboxylic acid groups (broad SMARTS) is 1. The molecule has 0 aliphatic heterocycles. The van der Waals surface area contributed by atoms with Crippen LogP contribution in [-0.2, 0) is 16.1 Å². The molecule has 2 aliphatic rings. The van der Waals surface area contributed by atoms with Gasteiger partial charge in [-0.1, -0.05) is 35.9 Å². The zero-order valence-electron chi connectivity index (χ0n) is 14.2. The lowest BCUT2D eigenvalue weighted by atomic mass is 9.82. The Labute approximate surface area is 169 Å². The lowest BCUT2D eigenvalue weighted by Crippen LogP contribution is -2.36. The molecule has 2 bridgehead atoms. The van der Waals surface area contributed by atoms with Crippen LogP contribution < -0.4 is 5.32 Å². The summed E-state index contributed by atoms with van der Waals surface area (Å²) in [5.74, 6) is -2.14. The van der Waals surface area contributed by atoms with Gasteiger partial charge in [0.2, 0.25) is 5.91 Å². The number of rotatable bonds is 5. The van der Waals surface area contributed by atoms with Crippen molar-refractivity contribution in [3.63, 3.8) is 0 Å². The summed E-state index contributed by atoms with van der Waals surface area (Å²) in [6.45, 7) is 0.528. The standard InChI is InChI=1S/C19H17BrClN3O3/c20-14-9-24(8-10-1-5-13(21)6-2-10)23-17(14)22-18(25)15-11-3-4-12(7-11)16(15)19(26)27/h1-6,9,11-12,15-16H,7-8H2,(H,26,27)(H,22,23,25)/t11-,12-,15-,16-/m0/s1. The number of nitrogens with one attached hydrogen (secondary N) is 1. The quantitative estimate of drug-likeness (QED) is 0.679. The number of hydrogen-bond donors (Lipinski definition) is 2. The zero-order valence-corrected chi connectivity index (χ0v) is 16.5. The lowest BCUT2D eigenvalue weighted by Gasteiger charge is -2.23. The van der Waals surface area contributed by atoms with Gasteiger partial charge in [-0.05, 0) is 51.9 Å². The molecule has 1 fully saturated rings.